The molecule has 1 heterocycles. The lowest BCUT2D eigenvalue weighted by Gasteiger charge is -2.13. The molecule has 1 N–H and O–H groups in total. The number of hydrogen-bond acceptors (Lipinski definition) is 3. The Morgan fingerprint density at radius 1 is 1.19 bits per heavy atom. The minimum absolute atomic E-state index is 0.523. The van der Waals surface area contributed by atoms with Crippen LogP contribution in [0.3, 0.4) is 0 Å². The van der Waals surface area contributed by atoms with E-state index >= 15 is 0 Å². The van der Waals surface area contributed by atoms with Crippen molar-refractivity contribution < 1.29 is 4.74 Å². The number of benzene rings is 1. The van der Waals surface area contributed by atoms with Gasteiger partial charge in [-0.05, 0) is 42.2 Å². The van der Waals surface area contributed by atoms with Crippen molar-refractivity contribution in [3.63, 3.8) is 0 Å². The van der Waals surface area contributed by atoms with E-state index in [0.29, 0.717) is 12.5 Å². The van der Waals surface area contributed by atoms with Crippen molar-refractivity contribution in [2.45, 2.75) is 33.2 Å². The Labute approximate surface area is 127 Å². The molecule has 2 aromatic rings. The smallest absolute Gasteiger partial charge is 0.122 e. The first-order valence-electron chi connectivity index (χ1n) is 7.51. The van der Waals surface area contributed by atoms with Gasteiger partial charge in [0.25, 0.3) is 0 Å². The van der Waals surface area contributed by atoms with Crippen LogP contribution in [0.1, 0.15) is 36.6 Å². The summed E-state index contributed by atoms with van der Waals surface area (Å²) in [5.41, 5.74) is 3.55. The lowest BCUT2D eigenvalue weighted by Crippen LogP contribution is -2.21. The van der Waals surface area contributed by atoms with Crippen molar-refractivity contribution in [2.24, 2.45) is 0 Å². The van der Waals surface area contributed by atoms with Gasteiger partial charge in [0.05, 0.1) is 5.69 Å². The molecular weight excluding hydrogens is 260 g/mol. The third kappa shape index (κ3) is 4.87. The van der Waals surface area contributed by atoms with E-state index in [4.69, 9.17) is 4.74 Å². The van der Waals surface area contributed by atoms with Crippen molar-refractivity contribution in [3.8, 4) is 5.75 Å². The highest BCUT2D eigenvalue weighted by molar-refractivity contribution is 5.37. The van der Waals surface area contributed by atoms with Crippen LogP contribution in [0.25, 0.3) is 0 Å². The standard InChI is InChI=1S/C18H24N2O/c1-14(2)16-8-7-15(3)18(12-16)21-11-10-19-13-17-6-4-5-9-20-17/h4-9,12,14,19H,10-11,13H2,1-3H3. The predicted octanol–water partition coefficient (Wildman–Crippen LogP) is 3.68. The fourth-order valence-electron chi connectivity index (χ4n) is 2.08. The van der Waals surface area contributed by atoms with Crippen molar-refractivity contribution in [1.29, 1.82) is 0 Å². The summed E-state index contributed by atoms with van der Waals surface area (Å²) in [6.07, 6.45) is 1.81. The molecule has 0 saturated heterocycles. The van der Waals surface area contributed by atoms with Gasteiger partial charge in [-0.3, -0.25) is 4.98 Å². The maximum Gasteiger partial charge on any atom is 0.122 e. The van der Waals surface area contributed by atoms with Gasteiger partial charge in [-0.2, -0.15) is 0 Å². The molecule has 0 fully saturated rings. The monoisotopic (exact) mass is 284 g/mol. The highest BCUT2D eigenvalue weighted by Crippen LogP contribution is 2.24. The quantitative estimate of drug-likeness (QED) is 0.788. The molecule has 0 spiro atoms. The van der Waals surface area contributed by atoms with Crippen molar-refractivity contribution in [1.82, 2.24) is 10.3 Å². The highest BCUT2D eigenvalue weighted by atomic mass is 16.5. The number of ether oxygens (including phenoxy) is 1. The molecule has 0 amide bonds. The second kappa shape index (κ2) is 7.79. The molecule has 0 bridgehead atoms. The highest BCUT2D eigenvalue weighted by Gasteiger charge is 2.04. The molecule has 2 rings (SSSR count). The second-order valence-electron chi connectivity index (χ2n) is 5.53. The summed E-state index contributed by atoms with van der Waals surface area (Å²) in [5.74, 6) is 1.51. The Morgan fingerprint density at radius 3 is 2.76 bits per heavy atom. The Morgan fingerprint density at radius 2 is 2.05 bits per heavy atom. The van der Waals surface area contributed by atoms with Gasteiger partial charge < -0.3 is 10.1 Å². The van der Waals surface area contributed by atoms with Gasteiger partial charge in [0.2, 0.25) is 0 Å². The molecule has 1 aromatic carbocycles. The largest absolute Gasteiger partial charge is 0.492 e. The summed E-state index contributed by atoms with van der Waals surface area (Å²) >= 11 is 0. The molecule has 3 nitrogen and oxygen atoms in total. The average molecular weight is 284 g/mol. The summed E-state index contributed by atoms with van der Waals surface area (Å²) in [7, 11) is 0. The van der Waals surface area contributed by atoms with Gasteiger partial charge in [0.15, 0.2) is 0 Å². The van der Waals surface area contributed by atoms with E-state index in [1.54, 1.807) is 0 Å². The first-order valence-corrected chi connectivity index (χ1v) is 7.51. The number of hydrogen-bond donors (Lipinski definition) is 1. The Kier molecular flexibility index (Phi) is 5.76. The molecule has 0 aliphatic heterocycles. The zero-order chi connectivity index (χ0) is 15.1. The van der Waals surface area contributed by atoms with E-state index in [1.807, 2.05) is 24.4 Å². The van der Waals surface area contributed by atoms with E-state index < -0.39 is 0 Å². The minimum atomic E-state index is 0.523. The predicted molar refractivity (Wildman–Crippen MR) is 86.7 cm³/mol. The van der Waals surface area contributed by atoms with Gasteiger partial charge >= 0.3 is 0 Å². The van der Waals surface area contributed by atoms with Crippen LogP contribution >= 0.6 is 0 Å². The van der Waals surface area contributed by atoms with E-state index in [-0.39, 0.29) is 0 Å². The number of aryl methyl sites for hydroxylation is 1. The molecule has 0 radical (unpaired) electrons. The molecule has 0 aliphatic rings. The fourth-order valence-corrected chi connectivity index (χ4v) is 2.08. The minimum Gasteiger partial charge on any atom is -0.492 e. The summed E-state index contributed by atoms with van der Waals surface area (Å²) in [4.78, 5) is 4.28. The SMILES string of the molecule is Cc1ccc(C(C)C)cc1OCCNCc1ccccn1. The van der Waals surface area contributed by atoms with Gasteiger partial charge in [-0.15, -0.1) is 0 Å². The van der Waals surface area contributed by atoms with Crippen LogP contribution in [-0.4, -0.2) is 18.1 Å². The third-order valence-corrected chi connectivity index (χ3v) is 3.45. The number of pyridine rings is 1. The van der Waals surface area contributed by atoms with Crippen LogP contribution in [0, 0.1) is 6.92 Å². The number of nitrogens with zero attached hydrogens (tertiary/aromatic N) is 1. The summed E-state index contributed by atoms with van der Waals surface area (Å²) in [6.45, 7) is 8.72. The third-order valence-electron chi connectivity index (χ3n) is 3.45. The molecule has 112 valence electrons. The lowest BCUT2D eigenvalue weighted by atomic mass is 10.0. The van der Waals surface area contributed by atoms with Crippen LogP contribution in [0.4, 0.5) is 0 Å². The lowest BCUT2D eigenvalue weighted by molar-refractivity contribution is 0.311. The first-order chi connectivity index (χ1) is 10.2. The molecule has 0 atom stereocenters. The zero-order valence-corrected chi connectivity index (χ0v) is 13.1. The summed E-state index contributed by atoms with van der Waals surface area (Å²) in [6, 6.07) is 12.4. The first kappa shape index (κ1) is 15.5. The zero-order valence-electron chi connectivity index (χ0n) is 13.1. The maximum atomic E-state index is 5.88. The average Bonchev–Trinajstić information content (AvgIpc) is 2.49. The number of aromatic nitrogens is 1. The molecule has 0 aliphatic carbocycles. The van der Waals surface area contributed by atoms with Crippen LogP contribution < -0.4 is 10.1 Å². The molecule has 21 heavy (non-hydrogen) atoms. The van der Waals surface area contributed by atoms with Gasteiger partial charge in [0.1, 0.15) is 12.4 Å². The normalized spacial score (nSPS) is 10.9. The molecule has 1 aromatic heterocycles. The van der Waals surface area contributed by atoms with Crippen LogP contribution in [-0.2, 0) is 6.54 Å². The number of rotatable bonds is 7. The summed E-state index contributed by atoms with van der Waals surface area (Å²) < 4.78 is 5.88. The topological polar surface area (TPSA) is 34.1 Å². The van der Waals surface area contributed by atoms with Gasteiger partial charge in [0, 0.05) is 19.3 Å². The summed E-state index contributed by atoms with van der Waals surface area (Å²) in [5, 5.41) is 3.34. The number of nitrogens with one attached hydrogen (secondary N) is 1. The van der Waals surface area contributed by atoms with E-state index in [2.05, 4.69) is 49.3 Å². The van der Waals surface area contributed by atoms with Crippen molar-refractivity contribution >= 4 is 0 Å². The molecular formula is C18H24N2O. The van der Waals surface area contributed by atoms with Crippen molar-refractivity contribution in [2.75, 3.05) is 13.2 Å². The molecule has 0 saturated carbocycles. The molecule has 0 unspecified atom stereocenters. The Balaban J connectivity index is 1.77. The van der Waals surface area contributed by atoms with Crippen molar-refractivity contribution in [3.05, 3.63) is 59.4 Å². The Bertz CT molecular complexity index is 552. The second-order valence-corrected chi connectivity index (χ2v) is 5.53. The van der Waals surface area contributed by atoms with Crippen LogP contribution in [0.15, 0.2) is 42.6 Å². The van der Waals surface area contributed by atoms with E-state index in [9.17, 15) is 0 Å². The van der Waals surface area contributed by atoms with E-state index in [0.717, 1.165) is 24.5 Å². The van der Waals surface area contributed by atoms with Crippen LogP contribution in [0.5, 0.6) is 5.75 Å². The molecule has 3 heteroatoms. The van der Waals surface area contributed by atoms with Crippen LogP contribution in [0.2, 0.25) is 0 Å². The van der Waals surface area contributed by atoms with Gasteiger partial charge in [-0.1, -0.05) is 32.0 Å². The maximum absolute atomic E-state index is 5.88. The fraction of sp³-hybridized carbons (Fsp3) is 0.389. The van der Waals surface area contributed by atoms with E-state index in [1.165, 1.54) is 11.1 Å². The Hall–Kier alpha value is -1.87. The van der Waals surface area contributed by atoms with Gasteiger partial charge in [-0.25, -0.2) is 0 Å².